The molecule has 57 heavy (non-hydrogen) atoms. The van der Waals surface area contributed by atoms with Gasteiger partial charge in [0.2, 0.25) is 11.3 Å². The van der Waals surface area contributed by atoms with Crippen LogP contribution < -0.4 is 11.0 Å². The first-order valence-electron chi connectivity index (χ1n) is 15.4. The summed E-state index contributed by atoms with van der Waals surface area (Å²) in [5, 5.41) is 0. The van der Waals surface area contributed by atoms with E-state index in [1.165, 1.54) is 0 Å². The van der Waals surface area contributed by atoms with Crippen LogP contribution in [0, 0.1) is 0 Å². The number of hydrogen-bond acceptors (Lipinski definition) is 10. The fourth-order valence-corrected chi connectivity index (χ4v) is 7.09. The first kappa shape index (κ1) is 42.4. The van der Waals surface area contributed by atoms with Crippen molar-refractivity contribution in [2.45, 2.75) is 65.3 Å². The first-order chi connectivity index (χ1) is 24.2. The summed E-state index contributed by atoms with van der Waals surface area (Å²) in [4.78, 5) is 52.0. The highest BCUT2D eigenvalue weighted by Gasteiger charge is 2.64. The van der Waals surface area contributed by atoms with Crippen molar-refractivity contribution in [2.24, 2.45) is 20.0 Å². The normalized spacial score (nSPS) is 17.2. The van der Waals surface area contributed by atoms with Crippen molar-refractivity contribution in [1.82, 2.24) is 49.0 Å². The minimum atomic E-state index is -0.683. The number of H-pyrrole nitrogens is 2. The molecule has 0 fully saturated rings. The van der Waals surface area contributed by atoms with E-state index in [0.717, 1.165) is 46.0 Å². The second-order valence-corrected chi connectivity index (χ2v) is 11.8. The number of hydrogen-bond donors (Lipinski definition) is 2. The van der Waals surface area contributed by atoms with Crippen LogP contribution in [0.3, 0.4) is 0 Å². The maximum atomic E-state index is 4.82. The van der Waals surface area contributed by atoms with Crippen molar-refractivity contribution in [2.75, 3.05) is 0 Å². The van der Waals surface area contributed by atoms with Gasteiger partial charge in [0.05, 0.1) is 0 Å². The molecule has 292 valence electrons. The molecule has 1 atom stereocenters. The van der Waals surface area contributed by atoms with E-state index in [0.29, 0.717) is 45.9 Å². The Balaban J connectivity index is 0.000000222. The molecule has 0 amide bonds. The third-order valence-corrected chi connectivity index (χ3v) is 8.95. The Hall–Kier alpha value is -7.36. The van der Waals surface area contributed by atoms with Gasteiger partial charge in [0.25, 0.3) is 23.3 Å². The summed E-state index contributed by atoms with van der Waals surface area (Å²) in [6, 6.07) is 15.5. The highest BCUT2D eigenvalue weighted by atomic mass is 15.7. The number of fused-ring (bicyclic) bond motifs is 8. The monoisotopic (exact) mass is 766 g/mol. The molecule has 8 aliphatic heterocycles. The maximum absolute atomic E-state index is 4.82. The van der Waals surface area contributed by atoms with E-state index >= 15 is 0 Å². The summed E-state index contributed by atoms with van der Waals surface area (Å²) in [6.45, 7) is 0. The fourth-order valence-electron chi connectivity index (χ4n) is 7.09. The number of nitrogens with one attached hydrogen (secondary N) is 2. The van der Waals surface area contributed by atoms with Gasteiger partial charge >= 0.3 is 5.91 Å². The standard InChI is InChI=1S/C17H8N8.C16H10N8.8CH4/c1-2-10-19-12-5-6-14-21-16-8-7-15-20-13-4-3-11-18-9(1)22(10)17(23(11)13,24(12)14)25(15)16;1-2-10-17-9(1)21-11-3-4-13(18-11)23-15-7-8-16(20-15)24-14-6-5-12(19-14)22-10;;;;;;;;/h1-8H;1-8H,(H2,17,18,19,20,21,22,23,24);8*1H4/q+2;;;;;;;;;. The zero-order chi connectivity index (χ0) is 31.8. The van der Waals surface area contributed by atoms with Gasteiger partial charge in [-0.3, -0.25) is 0 Å². The van der Waals surface area contributed by atoms with E-state index in [1.807, 2.05) is 72.8 Å². The van der Waals surface area contributed by atoms with Crippen LogP contribution in [-0.4, -0.2) is 81.5 Å². The summed E-state index contributed by atoms with van der Waals surface area (Å²) in [5.41, 5.74) is 4.51. The molecule has 5 aromatic heterocycles. The van der Waals surface area contributed by atoms with Crippen LogP contribution in [0.15, 0.2) is 92.8 Å². The van der Waals surface area contributed by atoms with Crippen LogP contribution in [0.1, 0.15) is 82.7 Å². The van der Waals surface area contributed by atoms with Crippen LogP contribution >= 0.6 is 0 Å². The summed E-state index contributed by atoms with van der Waals surface area (Å²) in [5.74, 6) is 6.90. The highest BCUT2D eigenvalue weighted by Crippen LogP contribution is 2.43. The molecule has 0 radical (unpaired) electrons. The van der Waals surface area contributed by atoms with Gasteiger partial charge in [-0.2, -0.15) is 0 Å². The average molecular weight is 767 g/mol. The van der Waals surface area contributed by atoms with E-state index in [2.05, 4.69) is 58.2 Å². The molecule has 13 rings (SSSR count). The van der Waals surface area contributed by atoms with E-state index in [4.69, 9.17) is 20.0 Å². The second-order valence-electron chi connectivity index (χ2n) is 11.8. The molecular weight excluding hydrogens is 717 g/mol. The minimum absolute atomic E-state index is 0. The SMILES string of the molecule is C.C.C.C.C.C.C.C.C1=CC2=[N+]3C1=NC1=[N+]4C(=Nc5ccc6n5C43n3c(ccc3=N6)=N2)C=C1.C1=Cc2nc1nc1nc(nc3ccc(nc4ccc(n2)[nH]4)[nH]3)C=C1. The van der Waals surface area contributed by atoms with Gasteiger partial charge in [-0.1, -0.05) is 74.4 Å². The maximum Gasteiger partial charge on any atom is 0.402 e. The van der Waals surface area contributed by atoms with E-state index < -0.39 is 5.91 Å². The second kappa shape index (κ2) is 14.7. The highest BCUT2D eigenvalue weighted by molar-refractivity contribution is 6.15. The van der Waals surface area contributed by atoms with Crippen LogP contribution in [0.5, 0.6) is 0 Å². The minimum Gasteiger partial charge on any atom is -0.325 e. The molecular formula is C41H50N16+2. The topological polar surface area (TPSA) is 174 Å². The Morgan fingerprint density at radius 3 is 1.33 bits per heavy atom. The van der Waals surface area contributed by atoms with Crippen molar-refractivity contribution in [1.29, 1.82) is 0 Å². The van der Waals surface area contributed by atoms with Gasteiger partial charge in [-0.15, -0.1) is 9.15 Å². The van der Waals surface area contributed by atoms with Crippen molar-refractivity contribution < 1.29 is 9.15 Å². The van der Waals surface area contributed by atoms with Crippen molar-refractivity contribution in [3.8, 4) is 0 Å². The third kappa shape index (κ3) is 5.67. The quantitative estimate of drug-likeness (QED) is 0.157. The number of rotatable bonds is 0. The predicted molar refractivity (Wildman–Crippen MR) is 231 cm³/mol. The van der Waals surface area contributed by atoms with Gasteiger partial charge in [0.15, 0.2) is 23.3 Å². The lowest BCUT2D eigenvalue weighted by atomic mass is 10.3. The van der Waals surface area contributed by atoms with Gasteiger partial charge in [0, 0.05) is 36.4 Å². The summed E-state index contributed by atoms with van der Waals surface area (Å²) in [6.07, 6.45) is 15.3. The predicted octanol–water partition coefficient (Wildman–Crippen LogP) is 7.05. The van der Waals surface area contributed by atoms with Gasteiger partial charge in [-0.05, 0) is 60.7 Å². The Kier molecular flexibility index (Phi) is 10.9. The molecule has 0 saturated carbocycles. The summed E-state index contributed by atoms with van der Waals surface area (Å²) in [7, 11) is 0. The first-order valence-corrected chi connectivity index (χ1v) is 15.4. The zero-order valence-electron chi connectivity index (χ0n) is 25.0. The third-order valence-electron chi connectivity index (χ3n) is 8.95. The average Bonchev–Trinajstić information content (AvgIpc) is 3.94. The van der Waals surface area contributed by atoms with E-state index in [-0.39, 0.29) is 59.4 Å². The van der Waals surface area contributed by atoms with Crippen LogP contribution in [-0.2, 0) is 5.91 Å². The molecule has 8 bridgehead atoms. The lowest BCUT2D eigenvalue weighted by Crippen LogP contribution is -2.71. The molecule has 5 aromatic rings. The zero-order valence-corrected chi connectivity index (χ0v) is 25.0. The molecule has 16 heteroatoms. The van der Waals surface area contributed by atoms with Gasteiger partial charge in [0.1, 0.15) is 33.9 Å². The van der Waals surface area contributed by atoms with Crippen LogP contribution in [0.4, 0.5) is 11.6 Å². The molecule has 1 unspecified atom stereocenters. The fraction of sp³-hybridized carbons (Fsp3) is 0.220. The van der Waals surface area contributed by atoms with Crippen molar-refractivity contribution >= 4 is 81.9 Å². The Bertz CT molecular complexity index is 2920. The molecule has 13 heterocycles. The molecule has 1 spiro atoms. The number of aromatic nitrogens is 10. The molecule has 0 saturated heterocycles. The molecule has 16 nitrogen and oxygen atoms in total. The van der Waals surface area contributed by atoms with Crippen molar-refractivity contribution in [3.63, 3.8) is 0 Å². The summed E-state index contributed by atoms with van der Waals surface area (Å²) >= 11 is 0. The molecule has 0 aromatic carbocycles. The van der Waals surface area contributed by atoms with Crippen molar-refractivity contribution in [3.05, 3.63) is 107 Å². The Morgan fingerprint density at radius 2 is 0.807 bits per heavy atom. The lowest BCUT2D eigenvalue weighted by molar-refractivity contribution is -0.791. The summed E-state index contributed by atoms with van der Waals surface area (Å²) < 4.78 is 8.71. The largest absolute Gasteiger partial charge is 0.402 e. The van der Waals surface area contributed by atoms with Crippen LogP contribution in [0.25, 0.3) is 46.9 Å². The molecule has 0 aliphatic carbocycles. The molecule has 2 N–H and O–H groups in total. The Labute approximate surface area is 331 Å². The van der Waals surface area contributed by atoms with Gasteiger partial charge < -0.3 is 9.97 Å². The van der Waals surface area contributed by atoms with Crippen LogP contribution in [0.2, 0.25) is 0 Å². The number of aliphatic imine (C=N–C) groups is 2. The lowest BCUT2D eigenvalue weighted by Gasteiger charge is -2.41. The number of aromatic amines is 2. The Morgan fingerprint density at radius 1 is 0.386 bits per heavy atom. The van der Waals surface area contributed by atoms with E-state index in [1.54, 1.807) is 24.3 Å². The van der Waals surface area contributed by atoms with Gasteiger partial charge in [-0.25, -0.2) is 44.0 Å². The number of amidine groups is 4. The van der Waals surface area contributed by atoms with E-state index in [9.17, 15) is 0 Å². The molecule has 8 aliphatic rings. The smallest absolute Gasteiger partial charge is 0.325 e. The number of nitrogens with zero attached hydrogens (tertiary/aromatic N) is 14.